The molecule has 0 unspecified atom stereocenters. The molecule has 4 nitrogen and oxygen atoms in total. The molecule has 0 aliphatic rings. The topological polar surface area (TPSA) is 74.6 Å². The van der Waals surface area contributed by atoms with Crippen LogP contribution >= 0.6 is 0 Å². The van der Waals surface area contributed by atoms with E-state index in [0.29, 0.717) is 12.0 Å². The molecule has 4 heteroatoms. The van der Waals surface area contributed by atoms with E-state index in [-0.39, 0.29) is 11.1 Å². The zero-order valence-electron chi connectivity index (χ0n) is 13.4. The van der Waals surface area contributed by atoms with Gasteiger partial charge in [0.1, 0.15) is 0 Å². The fraction of sp³-hybridized carbons (Fsp3) is 0.200. The monoisotopic (exact) mass is 322 g/mol. The molecule has 0 fully saturated rings. The first-order chi connectivity index (χ1) is 11.5. The van der Waals surface area contributed by atoms with Gasteiger partial charge in [0.2, 0.25) is 0 Å². The normalized spacial score (nSPS) is 9.88. The first kappa shape index (κ1) is 17.3. The highest BCUT2D eigenvalue weighted by atomic mass is 16.4. The molecule has 0 radical (unpaired) electrons. The van der Waals surface area contributed by atoms with Crippen LogP contribution in [-0.2, 0) is 6.42 Å². The molecule has 24 heavy (non-hydrogen) atoms. The fourth-order valence-electron chi connectivity index (χ4n) is 2.36. The van der Waals surface area contributed by atoms with Crippen LogP contribution in [0, 0.1) is 11.8 Å². The van der Waals surface area contributed by atoms with Crippen LogP contribution in [0.5, 0.6) is 0 Å². The zero-order chi connectivity index (χ0) is 17.5. The molecule has 0 spiro atoms. The molecule has 122 valence electrons. The van der Waals surface area contributed by atoms with Gasteiger partial charge in [0.05, 0.1) is 11.1 Å². The lowest BCUT2D eigenvalue weighted by Gasteiger charge is -2.10. The van der Waals surface area contributed by atoms with Gasteiger partial charge in [-0.15, -0.1) is 5.92 Å². The lowest BCUT2D eigenvalue weighted by molar-refractivity contribution is 0.0696. The molecule has 0 aliphatic heterocycles. The average Bonchev–Trinajstić information content (AvgIpc) is 2.58. The molecular weight excluding hydrogens is 304 g/mol. The molecule has 0 saturated carbocycles. The second kappa shape index (κ2) is 7.98. The second-order valence-corrected chi connectivity index (χ2v) is 5.35. The van der Waals surface area contributed by atoms with Gasteiger partial charge in [0.25, 0.3) is 0 Å². The molecule has 2 rings (SSSR count). The summed E-state index contributed by atoms with van der Waals surface area (Å²) in [5.41, 5.74) is 2.22. The van der Waals surface area contributed by atoms with Crippen LogP contribution in [-0.4, -0.2) is 22.2 Å². The highest BCUT2D eigenvalue weighted by Crippen LogP contribution is 2.26. The second-order valence-electron chi connectivity index (χ2n) is 5.35. The maximum atomic E-state index is 11.3. The molecule has 0 aliphatic carbocycles. The number of hydrogen-bond donors (Lipinski definition) is 2. The minimum absolute atomic E-state index is 0.0447. The summed E-state index contributed by atoms with van der Waals surface area (Å²) < 4.78 is 0. The van der Waals surface area contributed by atoms with Crippen LogP contribution in [0.15, 0.2) is 42.5 Å². The van der Waals surface area contributed by atoms with Crippen LogP contribution in [0.25, 0.3) is 11.1 Å². The number of carboxylic acids is 2. The van der Waals surface area contributed by atoms with Crippen LogP contribution < -0.4 is 0 Å². The van der Waals surface area contributed by atoms with E-state index >= 15 is 0 Å². The van der Waals surface area contributed by atoms with Crippen molar-refractivity contribution in [2.75, 3.05) is 0 Å². The van der Waals surface area contributed by atoms with Crippen molar-refractivity contribution in [1.82, 2.24) is 0 Å². The Balaban J connectivity index is 2.50. The Kier molecular flexibility index (Phi) is 5.75. The van der Waals surface area contributed by atoms with Gasteiger partial charge in [0, 0.05) is 12.8 Å². The molecule has 2 aromatic carbocycles. The first-order valence-electron chi connectivity index (χ1n) is 7.68. The van der Waals surface area contributed by atoms with Gasteiger partial charge in [-0.3, -0.25) is 0 Å². The summed E-state index contributed by atoms with van der Waals surface area (Å²) in [5, 5.41) is 18.4. The minimum Gasteiger partial charge on any atom is -0.478 e. The predicted molar refractivity (Wildman–Crippen MR) is 92.2 cm³/mol. The zero-order valence-corrected chi connectivity index (χ0v) is 13.4. The number of benzene rings is 2. The van der Waals surface area contributed by atoms with Gasteiger partial charge >= 0.3 is 11.9 Å². The van der Waals surface area contributed by atoms with Crippen LogP contribution in [0.4, 0.5) is 0 Å². The van der Waals surface area contributed by atoms with Crippen molar-refractivity contribution < 1.29 is 19.8 Å². The van der Waals surface area contributed by atoms with Crippen molar-refractivity contribution in [3.63, 3.8) is 0 Å². The fourth-order valence-corrected chi connectivity index (χ4v) is 2.36. The third-order valence-electron chi connectivity index (χ3n) is 3.53. The summed E-state index contributed by atoms with van der Waals surface area (Å²) in [6, 6.07) is 11.6. The Hall–Kier alpha value is -3.06. The quantitative estimate of drug-likeness (QED) is 0.813. The van der Waals surface area contributed by atoms with Gasteiger partial charge < -0.3 is 10.2 Å². The molecule has 2 N–H and O–H groups in total. The highest BCUT2D eigenvalue weighted by molar-refractivity contribution is 5.96. The van der Waals surface area contributed by atoms with Gasteiger partial charge in [-0.1, -0.05) is 37.1 Å². The summed E-state index contributed by atoms with van der Waals surface area (Å²) in [4.78, 5) is 22.5. The SMILES string of the molecule is CCCC#CCc1ccccc1-c1cc(C(=O)O)cc(C(=O)O)c1. The summed E-state index contributed by atoms with van der Waals surface area (Å²) >= 11 is 0. The summed E-state index contributed by atoms with van der Waals surface area (Å²) in [6.07, 6.45) is 2.37. The Morgan fingerprint density at radius 1 is 0.958 bits per heavy atom. The highest BCUT2D eigenvalue weighted by Gasteiger charge is 2.13. The maximum Gasteiger partial charge on any atom is 0.335 e. The number of carbonyl (C=O) groups is 2. The van der Waals surface area contributed by atoms with Crippen molar-refractivity contribution in [2.24, 2.45) is 0 Å². The average molecular weight is 322 g/mol. The van der Waals surface area contributed by atoms with E-state index in [2.05, 4.69) is 18.8 Å². The number of carboxylic acid groups (broad SMARTS) is 2. The number of unbranched alkanes of at least 4 members (excludes halogenated alkanes) is 1. The Morgan fingerprint density at radius 3 is 2.17 bits per heavy atom. The summed E-state index contributed by atoms with van der Waals surface area (Å²) in [6.45, 7) is 2.06. The lowest BCUT2D eigenvalue weighted by atomic mass is 9.94. The third-order valence-corrected chi connectivity index (χ3v) is 3.53. The van der Waals surface area contributed by atoms with E-state index < -0.39 is 11.9 Å². The first-order valence-corrected chi connectivity index (χ1v) is 7.68. The molecule has 0 saturated heterocycles. The Bertz CT molecular complexity index is 793. The van der Waals surface area contributed by atoms with E-state index in [1.807, 2.05) is 24.3 Å². The van der Waals surface area contributed by atoms with Crippen LogP contribution in [0.1, 0.15) is 46.0 Å². The van der Waals surface area contributed by atoms with Crippen molar-refractivity contribution >= 4 is 11.9 Å². The number of aromatic carboxylic acids is 2. The molecular formula is C20H18O4. The Labute approximate surface area is 140 Å². The van der Waals surface area contributed by atoms with Gasteiger partial charge in [-0.05, 0) is 41.3 Å². The van der Waals surface area contributed by atoms with Gasteiger partial charge in [-0.2, -0.15) is 0 Å². The summed E-state index contributed by atoms with van der Waals surface area (Å²) in [5.74, 6) is 3.88. The van der Waals surface area contributed by atoms with Crippen LogP contribution in [0.3, 0.4) is 0 Å². The van der Waals surface area contributed by atoms with Gasteiger partial charge in [-0.25, -0.2) is 9.59 Å². The predicted octanol–water partition coefficient (Wildman–Crippen LogP) is 4.10. The van der Waals surface area contributed by atoms with E-state index in [0.717, 1.165) is 30.0 Å². The van der Waals surface area contributed by atoms with E-state index in [4.69, 9.17) is 0 Å². The van der Waals surface area contributed by atoms with Crippen molar-refractivity contribution in [1.29, 1.82) is 0 Å². The molecule has 0 amide bonds. The molecule has 0 atom stereocenters. The molecule has 0 aromatic heterocycles. The molecule has 2 aromatic rings. The largest absolute Gasteiger partial charge is 0.478 e. The van der Waals surface area contributed by atoms with E-state index in [9.17, 15) is 19.8 Å². The number of hydrogen-bond acceptors (Lipinski definition) is 2. The van der Waals surface area contributed by atoms with Gasteiger partial charge in [0.15, 0.2) is 0 Å². The van der Waals surface area contributed by atoms with Crippen molar-refractivity contribution in [2.45, 2.75) is 26.2 Å². The summed E-state index contributed by atoms with van der Waals surface area (Å²) in [7, 11) is 0. The molecule has 0 heterocycles. The lowest BCUT2D eigenvalue weighted by Crippen LogP contribution is -2.03. The smallest absolute Gasteiger partial charge is 0.335 e. The molecule has 0 bridgehead atoms. The standard InChI is InChI=1S/C20H18O4/c1-2-3-4-5-8-14-9-6-7-10-18(14)15-11-16(19(21)22)13-17(12-15)20(23)24/h6-7,9-13H,2-3,8H2,1H3,(H,21,22)(H,23,24). The van der Waals surface area contributed by atoms with Crippen LogP contribution in [0.2, 0.25) is 0 Å². The van der Waals surface area contributed by atoms with E-state index in [1.54, 1.807) is 0 Å². The third kappa shape index (κ3) is 4.23. The Morgan fingerprint density at radius 2 is 1.58 bits per heavy atom. The minimum atomic E-state index is -1.15. The van der Waals surface area contributed by atoms with Crippen molar-refractivity contribution in [3.05, 3.63) is 59.2 Å². The van der Waals surface area contributed by atoms with E-state index in [1.165, 1.54) is 12.1 Å². The number of rotatable bonds is 5. The van der Waals surface area contributed by atoms with Crippen molar-refractivity contribution in [3.8, 4) is 23.0 Å². The maximum absolute atomic E-state index is 11.3.